The first-order valence-corrected chi connectivity index (χ1v) is 18.3. The molecule has 5 bridgehead atoms. The Bertz CT molecular complexity index is 1440. The van der Waals surface area contributed by atoms with E-state index < -0.39 is 59.6 Å². The molecule has 2 fully saturated rings. The number of halogens is 1. The number of nitrogens with one attached hydrogen (secondary N) is 1. The summed E-state index contributed by atoms with van der Waals surface area (Å²) >= 11 is 3.62. The van der Waals surface area contributed by atoms with Crippen LogP contribution in [0.4, 0.5) is 0 Å². The molecule has 2 N–H and O–H groups in total. The summed E-state index contributed by atoms with van der Waals surface area (Å²) in [6.45, 7) is 8.02. The van der Waals surface area contributed by atoms with Crippen molar-refractivity contribution in [3.8, 4) is 0 Å². The van der Waals surface area contributed by atoms with Crippen LogP contribution in [0.1, 0.15) is 71.5 Å². The highest BCUT2D eigenvalue weighted by atomic mass is 79.9. The van der Waals surface area contributed by atoms with E-state index in [9.17, 15) is 24.3 Å². The standard InChI is InChI=1S/C37H50BrN3O8/c1-6-13-23(4)40-17-12-8-11-16-28(43)39-27(21-47-5)31(24-14-9-7-10-15-24)48-36(46)29-30-34(44)41(25(20-42)18-22(2)3)33(35(40)45)37(30)19-26(38)32(29)49-37/h7-10,12,14-15,19,22-23,25,27,29-33,42H,6,11,13,16-18,20-21H2,1-5H3,(H,39,43)/b12-8-/t23?,25-,27-,29+,30-,31-,32+,33+,37-/m1/s1. The predicted molar refractivity (Wildman–Crippen MR) is 186 cm³/mol. The fraction of sp³-hybridized carbons (Fsp3) is 0.622. The van der Waals surface area contributed by atoms with E-state index in [1.165, 1.54) is 12.0 Å². The maximum Gasteiger partial charge on any atom is 0.313 e. The van der Waals surface area contributed by atoms with E-state index in [1.807, 2.05) is 63.3 Å². The number of fused-ring (bicyclic) bond motifs is 2. The Morgan fingerprint density at radius 2 is 1.82 bits per heavy atom. The van der Waals surface area contributed by atoms with Crippen molar-refractivity contribution in [1.82, 2.24) is 15.1 Å². The first-order chi connectivity index (χ1) is 23.5. The van der Waals surface area contributed by atoms with Crippen molar-refractivity contribution < 1.29 is 38.5 Å². The molecule has 0 aliphatic carbocycles. The van der Waals surface area contributed by atoms with E-state index in [4.69, 9.17) is 14.2 Å². The number of cyclic esters (lactones) is 1. The number of carbonyl (C=O) groups is 4. The van der Waals surface area contributed by atoms with Crippen molar-refractivity contribution in [1.29, 1.82) is 0 Å². The van der Waals surface area contributed by atoms with Crippen molar-refractivity contribution in [3.05, 3.63) is 58.6 Å². The molecule has 4 aliphatic rings. The lowest BCUT2D eigenvalue weighted by molar-refractivity contribution is -0.163. The molecule has 11 nitrogen and oxygen atoms in total. The van der Waals surface area contributed by atoms with Crippen LogP contribution >= 0.6 is 15.9 Å². The number of rotatable bonds is 10. The van der Waals surface area contributed by atoms with Gasteiger partial charge in [-0.2, -0.15) is 0 Å². The molecule has 12 heteroatoms. The van der Waals surface area contributed by atoms with Gasteiger partial charge < -0.3 is 34.4 Å². The largest absolute Gasteiger partial charge is 0.455 e. The fourth-order valence-corrected chi connectivity index (χ4v) is 8.79. The maximum atomic E-state index is 15.0. The molecule has 5 rings (SSSR count). The van der Waals surface area contributed by atoms with Crippen LogP contribution in [0.15, 0.2) is 53.0 Å². The molecule has 49 heavy (non-hydrogen) atoms. The molecule has 1 aromatic rings. The summed E-state index contributed by atoms with van der Waals surface area (Å²) in [5, 5.41) is 13.7. The summed E-state index contributed by atoms with van der Waals surface area (Å²) in [5.74, 6) is -3.69. The molecular weight excluding hydrogens is 694 g/mol. The van der Waals surface area contributed by atoms with Gasteiger partial charge in [-0.05, 0) is 43.7 Å². The van der Waals surface area contributed by atoms with Crippen LogP contribution in [0.2, 0.25) is 0 Å². The minimum absolute atomic E-state index is 0.0664. The number of ether oxygens (including phenoxy) is 3. The van der Waals surface area contributed by atoms with Gasteiger partial charge in [0, 0.05) is 30.6 Å². The van der Waals surface area contributed by atoms with E-state index in [-0.39, 0.29) is 50.0 Å². The van der Waals surface area contributed by atoms with E-state index >= 15 is 0 Å². The van der Waals surface area contributed by atoms with Crippen LogP contribution in [0.25, 0.3) is 0 Å². The zero-order valence-electron chi connectivity index (χ0n) is 29.0. The number of hydrogen-bond donors (Lipinski definition) is 2. The highest BCUT2D eigenvalue weighted by molar-refractivity contribution is 9.11. The van der Waals surface area contributed by atoms with Gasteiger partial charge in [-0.15, -0.1) is 0 Å². The Kier molecular flexibility index (Phi) is 12.0. The molecule has 0 radical (unpaired) electrons. The molecule has 0 saturated carbocycles. The highest BCUT2D eigenvalue weighted by Crippen LogP contribution is 2.59. The van der Waals surface area contributed by atoms with Crippen molar-refractivity contribution in [2.45, 2.75) is 102 Å². The summed E-state index contributed by atoms with van der Waals surface area (Å²) in [6, 6.07) is 6.42. The normalized spacial score (nSPS) is 32.5. The van der Waals surface area contributed by atoms with Gasteiger partial charge in [0.2, 0.25) is 17.7 Å². The second-order valence-electron chi connectivity index (χ2n) is 14.1. The fourth-order valence-electron chi connectivity index (χ4n) is 8.05. The Balaban J connectivity index is 1.66. The summed E-state index contributed by atoms with van der Waals surface area (Å²) in [7, 11) is 1.51. The Morgan fingerprint density at radius 3 is 2.47 bits per heavy atom. The SMILES string of the molecule is CCCC(C)N1C/C=C\CCC(=O)N[C@H](COC)[C@@H](c2ccccc2)OC(=O)[C@@H]2[C@H]3O[C@@]4(C=C3Br)[C@H](C1=O)N([C@@H](CO)CC(C)C)C(=O)[C@@H]24. The van der Waals surface area contributed by atoms with Gasteiger partial charge in [0.25, 0.3) is 0 Å². The van der Waals surface area contributed by atoms with Crippen LogP contribution < -0.4 is 5.32 Å². The lowest BCUT2D eigenvalue weighted by atomic mass is 9.74. The Morgan fingerprint density at radius 1 is 1.08 bits per heavy atom. The number of likely N-dealkylation sites (tertiary alicyclic amines) is 1. The van der Waals surface area contributed by atoms with Gasteiger partial charge in [-0.1, -0.05) is 85.6 Å². The van der Waals surface area contributed by atoms with E-state index in [2.05, 4.69) is 28.2 Å². The number of allylic oxidation sites excluding steroid dienone is 1. The van der Waals surface area contributed by atoms with Gasteiger partial charge in [0.05, 0.1) is 31.2 Å². The molecule has 2 saturated heterocycles. The Labute approximate surface area is 297 Å². The summed E-state index contributed by atoms with van der Waals surface area (Å²) in [5.41, 5.74) is -0.814. The maximum absolute atomic E-state index is 15.0. The quantitative estimate of drug-likeness (QED) is 0.271. The first-order valence-electron chi connectivity index (χ1n) is 17.5. The number of hydrogen-bond acceptors (Lipinski definition) is 8. The zero-order chi connectivity index (χ0) is 35.5. The molecule has 0 aromatic heterocycles. The minimum atomic E-state index is -1.46. The number of nitrogens with zero attached hydrogens (tertiary/aromatic N) is 2. The van der Waals surface area contributed by atoms with Gasteiger partial charge in [-0.25, -0.2) is 0 Å². The van der Waals surface area contributed by atoms with Crippen LogP contribution in [-0.2, 0) is 33.4 Å². The number of aliphatic hydroxyl groups is 1. The van der Waals surface area contributed by atoms with Crippen LogP contribution in [-0.4, -0.2) is 101 Å². The zero-order valence-corrected chi connectivity index (χ0v) is 30.6. The van der Waals surface area contributed by atoms with Crippen molar-refractivity contribution >= 4 is 39.6 Å². The van der Waals surface area contributed by atoms with E-state index in [0.717, 1.165) is 12.8 Å². The monoisotopic (exact) mass is 743 g/mol. The van der Waals surface area contributed by atoms with E-state index in [0.29, 0.717) is 22.9 Å². The van der Waals surface area contributed by atoms with Gasteiger partial charge in [-0.3, -0.25) is 19.2 Å². The number of benzene rings is 1. The second kappa shape index (κ2) is 15.9. The topological polar surface area (TPSA) is 135 Å². The average molecular weight is 745 g/mol. The lowest BCUT2D eigenvalue weighted by Gasteiger charge is -2.40. The Hall–Kier alpha value is -3.06. The molecule has 1 spiro atoms. The number of methoxy groups -OCH3 is 1. The number of carbonyl (C=O) groups excluding carboxylic acids is 4. The molecule has 1 aromatic carbocycles. The smallest absolute Gasteiger partial charge is 0.313 e. The lowest BCUT2D eigenvalue weighted by Crippen LogP contribution is -2.60. The molecule has 3 amide bonds. The van der Waals surface area contributed by atoms with Crippen LogP contribution in [0, 0.1) is 17.8 Å². The number of amides is 3. The highest BCUT2D eigenvalue weighted by Gasteiger charge is 2.75. The van der Waals surface area contributed by atoms with Crippen molar-refractivity contribution in [2.24, 2.45) is 17.8 Å². The third kappa shape index (κ3) is 7.25. The number of aliphatic hydroxyl groups excluding tert-OH is 1. The van der Waals surface area contributed by atoms with Gasteiger partial charge >= 0.3 is 5.97 Å². The van der Waals surface area contributed by atoms with Crippen molar-refractivity contribution in [3.63, 3.8) is 0 Å². The molecule has 268 valence electrons. The molecule has 1 unspecified atom stereocenters. The molecule has 4 heterocycles. The van der Waals surface area contributed by atoms with Crippen molar-refractivity contribution in [2.75, 3.05) is 26.9 Å². The van der Waals surface area contributed by atoms with Gasteiger partial charge in [0.15, 0.2) is 0 Å². The third-order valence-corrected chi connectivity index (χ3v) is 10.9. The predicted octanol–water partition coefficient (Wildman–Crippen LogP) is 4.05. The third-order valence-electron chi connectivity index (χ3n) is 10.2. The van der Waals surface area contributed by atoms with Crippen LogP contribution in [0.3, 0.4) is 0 Å². The summed E-state index contributed by atoms with van der Waals surface area (Å²) in [6.07, 6.45) is 6.39. The number of esters is 1. The first kappa shape index (κ1) is 37.2. The van der Waals surface area contributed by atoms with Gasteiger partial charge in [0.1, 0.15) is 29.8 Å². The molecule has 9 atom stereocenters. The molecule has 4 aliphatic heterocycles. The average Bonchev–Trinajstić information content (AvgIpc) is 3.66. The minimum Gasteiger partial charge on any atom is -0.455 e. The van der Waals surface area contributed by atoms with Crippen LogP contribution in [0.5, 0.6) is 0 Å². The summed E-state index contributed by atoms with van der Waals surface area (Å²) in [4.78, 5) is 60.8. The second-order valence-corrected chi connectivity index (χ2v) is 15.0. The van der Waals surface area contributed by atoms with E-state index in [1.54, 1.807) is 11.0 Å². The summed E-state index contributed by atoms with van der Waals surface area (Å²) < 4.78 is 19.1. The molecular formula is C37H50BrN3O8.